The van der Waals surface area contributed by atoms with Gasteiger partial charge >= 0.3 is 0 Å². The smallest absolute Gasteiger partial charge is 0.202 e. The maximum absolute atomic E-state index is 5.69. The van der Waals surface area contributed by atoms with Gasteiger partial charge in [-0.05, 0) is 74.3 Å². The van der Waals surface area contributed by atoms with E-state index in [1.165, 1.54) is 24.0 Å². The number of amidine groups is 1. The Labute approximate surface area is 154 Å². The average molecular weight is 350 g/mol. The third kappa shape index (κ3) is 2.85. The van der Waals surface area contributed by atoms with Crippen molar-refractivity contribution in [1.29, 1.82) is 0 Å². The molecule has 1 heterocycles. The molecule has 0 aromatic heterocycles. The number of aryl methyl sites for hydroxylation is 2. The van der Waals surface area contributed by atoms with Crippen LogP contribution in [0.15, 0.2) is 53.5 Å². The van der Waals surface area contributed by atoms with Crippen molar-refractivity contribution in [2.75, 3.05) is 10.2 Å². The molecular weight excluding hydrogens is 326 g/mol. The number of benzene rings is 2. The second-order valence-corrected chi connectivity index (χ2v) is 7.52. The predicted octanol–water partition coefficient (Wildman–Crippen LogP) is 5.23. The Bertz CT molecular complexity index is 850. The van der Waals surface area contributed by atoms with Crippen molar-refractivity contribution in [2.24, 2.45) is 4.99 Å². The number of rotatable bonds is 2. The van der Waals surface area contributed by atoms with Gasteiger partial charge in [0.2, 0.25) is 5.11 Å². The summed E-state index contributed by atoms with van der Waals surface area (Å²) in [4.78, 5) is 7.08. The predicted molar refractivity (Wildman–Crippen MR) is 110 cm³/mol. The lowest BCUT2D eigenvalue weighted by atomic mass is 9.93. The van der Waals surface area contributed by atoms with Crippen LogP contribution in [-0.2, 0) is 0 Å². The second kappa shape index (κ2) is 6.26. The van der Waals surface area contributed by atoms with Gasteiger partial charge in [-0.25, -0.2) is 4.99 Å². The molecule has 2 aromatic carbocycles. The zero-order valence-electron chi connectivity index (χ0n) is 14.7. The van der Waals surface area contributed by atoms with E-state index < -0.39 is 0 Å². The van der Waals surface area contributed by atoms with Gasteiger partial charge in [-0.2, -0.15) is 0 Å². The molecule has 1 saturated carbocycles. The fraction of sp³-hybridized carbons (Fsp3) is 0.333. The van der Waals surface area contributed by atoms with Crippen molar-refractivity contribution in [3.8, 4) is 0 Å². The number of nitrogens with one attached hydrogen (secondary N) is 1. The highest BCUT2D eigenvalue weighted by atomic mass is 32.1. The highest BCUT2D eigenvalue weighted by Crippen LogP contribution is 2.43. The van der Waals surface area contributed by atoms with Crippen LogP contribution in [0.5, 0.6) is 0 Å². The fourth-order valence-corrected chi connectivity index (χ4v) is 4.46. The summed E-state index contributed by atoms with van der Waals surface area (Å²) in [7, 11) is 0. The van der Waals surface area contributed by atoms with Crippen LogP contribution in [0.1, 0.15) is 36.8 Å². The summed E-state index contributed by atoms with van der Waals surface area (Å²) in [6.45, 7) is 4.23. The zero-order chi connectivity index (χ0) is 17.4. The maximum Gasteiger partial charge on any atom is 0.202 e. The Morgan fingerprint density at radius 3 is 2.36 bits per heavy atom. The molecular formula is C21H23N3S. The first-order valence-corrected chi connectivity index (χ1v) is 9.33. The van der Waals surface area contributed by atoms with Crippen molar-refractivity contribution in [1.82, 2.24) is 0 Å². The molecule has 3 nitrogen and oxygen atoms in total. The molecule has 0 amide bonds. The normalized spacial score (nSPS) is 18.7. The van der Waals surface area contributed by atoms with E-state index in [0.717, 1.165) is 30.1 Å². The lowest BCUT2D eigenvalue weighted by molar-refractivity contribution is 0.595. The molecule has 4 heteroatoms. The fourth-order valence-electron chi connectivity index (χ4n) is 4.09. The summed E-state index contributed by atoms with van der Waals surface area (Å²) in [6.07, 6.45) is 4.58. The largest absolute Gasteiger partial charge is 0.342 e. The molecule has 2 aromatic rings. The Morgan fingerprint density at radius 1 is 1.00 bits per heavy atom. The summed E-state index contributed by atoms with van der Waals surface area (Å²) in [5, 5.41) is 4.25. The summed E-state index contributed by atoms with van der Waals surface area (Å²) in [5.41, 5.74) is 4.58. The minimum Gasteiger partial charge on any atom is -0.342 e. The van der Waals surface area contributed by atoms with E-state index in [1.54, 1.807) is 0 Å². The Morgan fingerprint density at radius 2 is 1.68 bits per heavy atom. The standard InChI is InChI=1S/C21H23N3S/c1-15-7-5-9-17(13-15)22-19-21(11-3-4-12-21)24(20(25)23-19)18-10-6-8-16(2)14-18/h5-10,13-14H,3-4,11-12H2,1-2H3,(H,22,23,25). The minimum atomic E-state index is -0.130. The van der Waals surface area contributed by atoms with E-state index in [9.17, 15) is 0 Å². The van der Waals surface area contributed by atoms with E-state index in [-0.39, 0.29) is 5.54 Å². The SMILES string of the molecule is Cc1cccc(NC2=NC(=S)N(c3cccc(C)c3)C23CCCC3)c1. The first-order chi connectivity index (χ1) is 12.1. The molecule has 128 valence electrons. The molecule has 1 spiro atoms. The van der Waals surface area contributed by atoms with Crippen molar-refractivity contribution in [3.63, 3.8) is 0 Å². The maximum atomic E-state index is 5.69. The molecule has 4 rings (SSSR count). The topological polar surface area (TPSA) is 27.6 Å². The van der Waals surface area contributed by atoms with E-state index in [4.69, 9.17) is 17.2 Å². The van der Waals surface area contributed by atoms with Gasteiger partial charge in [0.25, 0.3) is 0 Å². The quantitative estimate of drug-likeness (QED) is 0.752. The molecule has 2 aliphatic rings. The Balaban J connectivity index is 1.73. The lowest BCUT2D eigenvalue weighted by Crippen LogP contribution is -2.52. The highest BCUT2D eigenvalue weighted by molar-refractivity contribution is 7.80. The van der Waals surface area contributed by atoms with Gasteiger partial charge < -0.3 is 10.2 Å². The van der Waals surface area contributed by atoms with E-state index in [1.807, 2.05) is 0 Å². The molecule has 0 atom stereocenters. The second-order valence-electron chi connectivity index (χ2n) is 7.15. The minimum absolute atomic E-state index is 0.130. The van der Waals surface area contributed by atoms with Crippen LogP contribution in [0.25, 0.3) is 0 Å². The molecule has 1 aliphatic heterocycles. The summed E-state index contributed by atoms with van der Waals surface area (Å²) in [5.74, 6) is 1.00. The number of aliphatic imine (C=N–C) groups is 1. The van der Waals surface area contributed by atoms with Gasteiger partial charge in [0.05, 0.1) is 0 Å². The molecule has 0 saturated heterocycles. The third-order valence-electron chi connectivity index (χ3n) is 5.24. The Kier molecular flexibility index (Phi) is 4.08. The monoisotopic (exact) mass is 349 g/mol. The van der Waals surface area contributed by atoms with Gasteiger partial charge in [-0.1, -0.05) is 37.1 Å². The molecule has 25 heavy (non-hydrogen) atoms. The number of hydrogen-bond acceptors (Lipinski definition) is 2. The number of hydrogen-bond donors (Lipinski definition) is 1. The van der Waals surface area contributed by atoms with E-state index in [0.29, 0.717) is 5.11 Å². The van der Waals surface area contributed by atoms with Crippen LogP contribution in [0.3, 0.4) is 0 Å². The molecule has 1 N–H and O–H groups in total. The summed E-state index contributed by atoms with van der Waals surface area (Å²) < 4.78 is 0. The van der Waals surface area contributed by atoms with Crippen molar-refractivity contribution in [2.45, 2.75) is 45.1 Å². The lowest BCUT2D eigenvalue weighted by Gasteiger charge is -2.37. The molecule has 0 unspecified atom stereocenters. The van der Waals surface area contributed by atoms with Crippen molar-refractivity contribution < 1.29 is 0 Å². The van der Waals surface area contributed by atoms with Crippen LogP contribution in [0.2, 0.25) is 0 Å². The Hall–Kier alpha value is -2.20. The van der Waals surface area contributed by atoms with Gasteiger partial charge in [0.1, 0.15) is 11.4 Å². The molecule has 0 bridgehead atoms. The highest BCUT2D eigenvalue weighted by Gasteiger charge is 2.50. The van der Waals surface area contributed by atoms with Crippen LogP contribution >= 0.6 is 12.2 Å². The van der Waals surface area contributed by atoms with Crippen molar-refractivity contribution in [3.05, 3.63) is 59.7 Å². The van der Waals surface area contributed by atoms with Gasteiger partial charge in [-0.15, -0.1) is 0 Å². The summed E-state index contributed by atoms with van der Waals surface area (Å²) >= 11 is 5.69. The average Bonchev–Trinajstić information content (AvgIpc) is 3.14. The number of thiocarbonyl (C=S) groups is 1. The third-order valence-corrected chi connectivity index (χ3v) is 5.51. The van der Waals surface area contributed by atoms with Crippen molar-refractivity contribution >= 4 is 34.5 Å². The van der Waals surface area contributed by atoms with Crippen LogP contribution in [-0.4, -0.2) is 16.5 Å². The first kappa shape index (κ1) is 16.3. The molecule has 1 aliphatic carbocycles. The first-order valence-electron chi connectivity index (χ1n) is 8.92. The van der Waals surface area contributed by atoms with Gasteiger partial charge in [0.15, 0.2) is 0 Å². The zero-order valence-corrected chi connectivity index (χ0v) is 15.6. The van der Waals surface area contributed by atoms with Gasteiger partial charge in [-0.3, -0.25) is 0 Å². The molecule has 0 radical (unpaired) electrons. The van der Waals surface area contributed by atoms with Crippen LogP contribution < -0.4 is 10.2 Å². The number of anilines is 2. The van der Waals surface area contributed by atoms with E-state index in [2.05, 4.69) is 72.6 Å². The number of nitrogens with zero attached hydrogens (tertiary/aromatic N) is 2. The van der Waals surface area contributed by atoms with Gasteiger partial charge in [0, 0.05) is 11.4 Å². The molecule has 1 fully saturated rings. The van der Waals surface area contributed by atoms with Crippen LogP contribution in [0, 0.1) is 13.8 Å². The summed E-state index contributed by atoms with van der Waals surface area (Å²) in [6, 6.07) is 17.0. The van der Waals surface area contributed by atoms with E-state index >= 15 is 0 Å². The van der Waals surface area contributed by atoms with Crippen LogP contribution in [0.4, 0.5) is 11.4 Å².